The third kappa shape index (κ3) is 5.45. The Kier molecular flexibility index (Phi) is 5.84. The maximum absolute atomic E-state index is 12.5. The lowest BCUT2D eigenvalue weighted by molar-refractivity contribution is 0.356. The van der Waals surface area contributed by atoms with Gasteiger partial charge in [-0.25, -0.2) is 8.42 Å². The number of unbranched alkanes of at least 4 members (excludes halogenated alkanes) is 1. The van der Waals surface area contributed by atoms with E-state index in [1.54, 1.807) is 16.6 Å². The molecule has 0 spiro atoms. The van der Waals surface area contributed by atoms with Crippen LogP contribution >= 0.6 is 0 Å². The van der Waals surface area contributed by atoms with Gasteiger partial charge in [0.05, 0.1) is 18.6 Å². The molecule has 0 saturated heterocycles. The first-order valence-electron chi connectivity index (χ1n) is 7.74. The summed E-state index contributed by atoms with van der Waals surface area (Å²) >= 11 is 0. The van der Waals surface area contributed by atoms with E-state index in [2.05, 4.69) is 19.2 Å². The fourth-order valence-corrected chi connectivity index (χ4v) is 4.08. The second-order valence-corrected chi connectivity index (χ2v) is 8.03. The van der Waals surface area contributed by atoms with Crippen molar-refractivity contribution in [3.05, 3.63) is 24.2 Å². The third-order valence-electron chi connectivity index (χ3n) is 3.58. The van der Waals surface area contributed by atoms with Gasteiger partial charge < -0.3 is 9.73 Å². The van der Waals surface area contributed by atoms with Crippen LogP contribution in [0, 0.1) is 0 Å². The Morgan fingerprint density at radius 2 is 2.14 bits per heavy atom. The van der Waals surface area contributed by atoms with Crippen molar-refractivity contribution in [2.45, 2.75) is 58.2 Å². The molecule has 21 heavy (non-hydrogen) atoms. The number of rotatable bonds is 10. The summed E-state index contributed by atoms with van der Waals surface area (Å²) in [6.45, 7) is 5.42. The van der Waals surface area contributed by atoms with Gasteiger partial charge in [0.25, 0.3) is 0 Å². The Morgan fingerprint density at radius 3 is 2.71 bits per heavy atom. The molecule has 1 fully saturated rings. The van der Waals surface area contributed by atoms with Crippen LogP contribution in [0.3, 0.4) is 0 Å². The van der Waals surface area contributed by atoms with Gasteiger partial charge >= 0.3 is 0 Å². The molecule has 0 aromatic carbocycles. The first-order valence-corrected chi connectivity index (χ1v) is 9.35. The van der Waals surface area contributed by atoms with Crippen LogP contribution in [0.4, 0.5) is 0 Å². The average Bonchev–Trinajstić information content (AvgIpc) is 3.11. The van der Waals surface area contributed by atoms with Crippen molar-refractivity contribution in [1.82, 2.24) is 9.62 Å². The molecule has 0 atom stereocenters. The van der Waals surface area contributed by atoms with Crippen molar-refractivity contribution in [2.24, 2.45) is 0 Å². The van der Waals surface area contributed by atoms with E-state index in [-0.39, 0.29) is 11.8 Å². The first-order chi connectivity index (χ1) is 9.99. The second kappa shape index (κ2) is 7.42. The summed E-state index contributed by atoms with van der Waals surface area (Å²) in [4.78, 5) is 0. The van der Waals surface area contributed by atoms with E-state index in [1.807, 2.05) is 6.07 Å². The Labute approximate surface area is 127 Å². The molecule has 1 saturated carbocycles. The van der Waals surface area contributed by atoms with E-state index in [9.17, 15) is 8.42 Å². The monoisotopic (exact) mass is 314 g/mol. The SMILES string of the molecule is CC(C)NCCCCS(=O)(=O)N(Cc1ccco1)C1CC1. The van der Waals surface area contributed by atoms with Crippen molar-refractivity contribution in [3.63, 3.8) is 0 Å². The lowest BCUT2D eigenvalue weighted by Crippen LogP contribution is -2.34. The van der Waals surface area contributed by atoms with Crippen LogP contribution in [-0.4, -0.2) is 37.1 Å². The van der Waals surface area contributed by atoms with Crippen LogP contribution in [0.25, 0.3) is 0 Å². The fourth-order valence-electron chi connectivity index (χ4n) is 2.29. The molecule has 0 amide bonds. The topological polar surface area (TPSA) is 62.6 Å². The van der Waals surface area contributed by atoms with Gasteiger partial charge in [-0.15, -0.1) is 0 Å². The summed E-state index contributed by atoms with van der Waals surface area (Å²) in [6, 6.07) is 4.25. The molecule has 1 heterocycles. The predicted molar refractivity (Wildman–Crippen MR) is 83.4 cm³/mol. The standard InChI is InChI=1S/C15H26N2O3S/c1-13(2)16-9-3-4-11-21(18,19)17(14-7-8-14)12-15-6-5-10-20-15/h5-6,10,13-14,16H,3-4,7-9,11-12H2,1-2H3. The molecule has 120 valence electrons. The number of furan rings is 1. The highest BCUT2D eigenvalue weighted by Crippen LogP contribution is 2.31. The third-order valence-corrected chi connectivity index (χ3v) is 5.53. The number of nitrogens with zero attached hydrogens (tertiary/aromatic N) is 1. The lowest BCUT2D eigenvalue weighted by Gasteiger charge is -2.20. The van der Waals surface area contributed by atoms with Gasteiger partial charge in [-0.05, 0) is 44.4 Å². The first kappa shape index (κ1) is 16.5. The van der Waals surface area contributed by atoms with Gasteiger partial charge in [-0.2, -0.15) is 4.31 Å². The van der Waals surface area contributed by atoms with E-state index in [1.165, 1.54) is 0 Å². The van der Waals surface area contributed by atoms with E-state index in [4.69, 9.17) is 4.42 Å². The van der Waals surface area contributed by atoms with Gasteiger partial charge in [0.15, 0.2) is 0 Å². The number of hydrogen-bond donors (Lipinski definition) is 1. The van der Waals surface area contributed by atoms with Crippen LogP contribution in [0.2, 0.25) is 0 Å². The van der Waals surface area contributed by atoms with Crippen molar-refractivity contribution in [2.75, 3.05) is 12.3 Å². The van der Waals surface area contributed by atoms with Crippen LogP contribution in [0.5, 0.6) is 0 Å². The molecular weight excluding hydrogens is 288 g/mol. The molecule has 2 rings (SSSR count). The maximum atomic E-state index is 12.5. The smallest absolute Gasteiger partial charge is 0.214 e. The minimum Gasteiger partial charge on any atom is -0.468 e. The largest absolute Gasteiger partial charge is 0.468 e. The van der Waals surface area contributed by atoms with Crippen molar-refractivity contribution in [3.8, 4) is 0 Å². The zero-order valence-electron chi connectivity index (χ0n) is 12.9. The van der Waals surface area contributed by atoms with Crippen LogP contribution in [-0.2, 0) is 16.6 Å². The summed E-state index contributed by atoms with van der Waals surface area (Å²) in [6.07, 6.45) is 5.11. The summed E-state index contributed by atoms with van der Waals surface area (Å²) in [7, 11) is -3.19. The summed E-state index contributed by atoms with van der Waals surface area (Å²) < 4.78 is 31.9. The van der Waals surface area contributed by atoms with Gasteiger partial charge in [0, 0.05) is 12.1 Å². The van der Waals surface area contributed by atoms with E-state index in [0.29, 0.717) is 24.8 Å². The van der Waals surface area contributed by atoms with Crippen molar-refractivity contribution in [1.29, 1.82) is 0 Å². The Morgan fingerprint density at radius 1 is 1.38 bits per heavy atom. The molecule has 1 N–H and O–H groups in total. The van der Waals surface area contributed by atoms with E-state index >= 15 is 0 Å². The Hall–Kier alpha value is -0.850. The van der Waals surface area contributed by atoms with Gasteiger partial charge in [0.1, 0.15) is 5.76 Å². The highest BCUT2D eigenvalue weighted by Gasteiger charge is 2.37. The zero-order chi connectivity index (χ0) is 15.3. The molecule has 1 aromatic heterocycles. The average molecular weight is 314 g/mol. The Bertz CT molecular complexity index is 507. The summed E-state index contributed by atoms with van der Waals surface area (Å²) in [5, 5.41) is 3.31. The quantitative estimate of drug-likeness (QED) is 0.673. The van der Waals surface area contributed by atoms with Crippen LogP contribution < -0.4 is 5.32 Å². The molecule has 0 bridgehead atoms. The maximum Gasteiger partial charge on any atom is 0.214 e. The molecular formula is C15H26N2O3S. The molecule has 5 nitrogen and oxygen atoms in total. The molecule has 0 unspecified atom stereocenters. The number of nitrogens with one attached hydrogen (secondary N) is 1. The lowest BCUT2D eigenvalue weighted by atomic mass is 10.3. The highest BCUT2D eigenvalue weighted by atomic mass is 32.2. The number of sulfonamides is 1. The molecule has 1 aliphatic carbocycles. The molecule has 6 heteroatoms. The Balaban J connectivity index is 1.83. The zero-order valence-corrected chi connectivity index (χ0v) is 13.7. The van der Waals surface area contributed by atoms with Crippen LogP contribution in [0.1, 0.15) is 45.3 Å². The minimum absolute atomic E-state index is 0.175. The normalized spacial score (nSPS) is 16.0. The molecule has 1 aromatic rings. The minimum atomic E-state index is -3.19. The van der Waals surface area contributed by atoms with Gasteiger partial charge in [0.2, 0.25) is 10.0 Å². The molecule has 1 aliphatic rings. The molecule has 0 aliphatic heterocycles. The van der Waals surface area contributed by atoms with Crippen molar-refractivity contribution >= 4 is 10.0 Å². The number of hydrogen-bond acceptors (Lipinski definition) is 4. The van der Waals surface area contributed by atoms with E-state index < -0.39 is 10.0 Å². The predicted octanol–water partition coefficient (Wildman–Crippen LogP) is 2.35. The molecule has 0 radical (unpaired) electrons. The van der Waals surface area contributed by atoms with Gasteiger partial charge in [-0.3, -0.25) is 0 Å². The van der Waals surface area contributed by atoms with Crippen LogP contribution in [0.15, 0.2) is 22.8 Å². The van der Waals surface area contributed by atoms with E-state index in [0.717, 1.165) is 25.8 Å². The summed E-state index contributed by atoms with van der Waals surface area (Å²) in [5.41, 5.74) is 0. The fraction of sp³-hybridized carbons (Fsp3) is 0.733. The highest BCUT2D eigenvalue weighted by molar-refractivity contribution is 7.89. The summed E-state index contributed by atoms with van der Waals surface area (Å²) in [5.74, 6) is 0.941. The van der Waals surface area contributed by atoms with Gasteiger partial charge in [-0.1, -0.05) is 13.8 Å². The second-order valence-electron chi connectivity index (χ2n) is 5.99. The van der Waals surface area contributed by atoms with Crippen molar-refractivity contribution < 1.29 is 12.8 Å².